The zero-order chi connectivity index (χ0) is 14.9. The molecule has 3 nitrogen and oxygen atoms in total. The second-order valence-electron chi connectivity index (χ2n) is 5.08. The molecule has 0 aliphatic rings. The second kappa shape index (κ2) is 6.17. The molecule has 1 aromatic heterocycles. The van der Waals surface area contributed by atoms with Crippen molar-refractivity contribution >= 4 is 23.2 Å². The molecule has 0 radical (unpaired) electrons. The van der Waals surface area contributed by atoms with Gasteiger partial charge in [-0.05, 0) is 44.2 Å². The van der Waals surface area contributed by atoms with Gasteiger partial charge in [-0.2, -0.15) is 5.10 Å². The van der Waals surface area contributed by atoms with Crippen molar-refractivity contribution in [3.8, 4) is 0 Å². The number of hydrogen-bond acceptors (Lipinski definition) is 2. The minimum atomic E-state index is 0.153. The minimum absolute atomic E-state index is 0.153. The third-order valence-electron chi connectivity index (χ3n) is 3.47. The van der Waals surface area contributed by atoms with Crippen LogP contribution in [0.5, 0.6) is 0 Å². The molecule has 0 aliphatic carbocycles. The molecule has 1 atom stereocenters. The average Bonchev–Trinajstić information content (AvgIpc) is 2.60. The molecule has 0 fully saturated rings. The van der Waals surface area contributed by atoms with Crippen LogP contribution in [0, 0.1) is 13.8 Å². The van der Waals surface area contributed by atoms with Gasteiger partial charge in [0, 0.05) is 24.5 Å². The smallest absolute Gasteiger partial charge is 0.0847 e. The first-order valence-electron chi connectivity index (χ1n) is 6.54. The summed E-state index contributed by atoms with van der Waals surface area (Å²) in [7, 11) is 3.86. The Kier molecular flexibility index (Phi) is 4.74. The lowest BCUT2D eigenvalue weighted by molar-refractivity contribution is 0.561. The van der Waals surface area contributed by atoms with Crippen LogP contribution in [0.25, 0.3) is 0 Å². The molecule has 0 saturated carbocycles. The van der Waals surface area contributed by atoms with Crippen LogP contribution in [-0.2, 0) is 13.5 Å². The Labute approximate surface area is 129 Å². The van der Waals surface area contributed by atoms with E-state index in [0.717, 1.165) is 39.0 Å². The standard InChI is InChI=1S/C15H19Cl2N3/c1-9-5-11(7-12(16)6-9)13(18-3)8-14-15(17)10(2)19-20(14)4/h5-7,13,18H,8H2,1-4H3. The van der Waals surface area contributed by atoms with Gasteiger partial charge in [0.25, 0.3) is 0 Å². The number of rotatable bonds is 4. The first-order valence-corrected chi connectivity index (χ1v) is 7.30. The summed E-state index contributed by atoms with van der Waals surface area (Å²) in [4.78, 5) is 0. The van der Waals surface area contributed by atoms with Gasteiger partial charge in [0.15, 0.2) is 0 Å². The number of likely N-dealkylation sites (N-methyl/N-ethyl adjacent to an activating group) is 1. The highest BCUT2D eigenvalue weighted by molar-refractivity contribution is 6.32. The van der Waals surface area contributed by atoms with Gasteiger partial charge >= 0.3 is 0 Å². The summed E-state index contributed by atoms with van der Waals surface area (Å²) in [6.45, 7) is 3.97. The molecule has 20 heavy (non-hydrogen) atoms. The van der Waals surface area contributed by atoms with E-state index < -0.39 is 0 Å². The van der Waals surface area contributed by atoms with Crippen molar-refractivity contribution in [2.45, 2.75) is 26.3 Å². The summed E-state index contributed by atoms with van der Waals surface area (Å²) in [6, 6.07) is 6.25. The lowest BCUT2D eigenvalue weighted by Gasteiger charge is -2.18. The third kappa shape index (κ3) is 3.17. The average molecular weight is 312 g/mol. The van der Waals surface area contributed by atoms with Gasteiger partial charge in [-0.25, -0.2) is 0 Å². The van der Waals surface area contributed by atoms with E-state index in [2.05, 4.69) is 16.5 Å². The Morgan fingerprint density at radius 3 is 2.45 bits per heavy atom. The van der Waals surface area contributed by atoms with Gasteiger partial charge in [0.2, 0.25) is 0 Å². The Morgan fingerprint density at radius 1 is 1.25 bits per heavy atom. The molecule has 0 bridgehead atoms. The summed E-state index contributed by atoms with van der Waals surface area (Å²) in [6.07, 6.45) is 0.770. The fourth-order valence-electron chi connectivity index (χ4n) is 2.45. The van der Waals surface area contributed by atoms with Crippen molar-refractivity contribution in [1.82, 2.24) is 15.1 Å². The van der Waals surface area contributed by atoms with E-state index in [4.69, 9.17) is 23.2 Å². The summed E-state index contributed by atoms with van der Waals surface area (Å²) in [5.41, 5.74) is 4.20. The number of hydrogen-bond donors (Lipinski definition) is 1. The topological polar surface area (TPSA) is 29.9 Å². The van der Waals surface area contributed by atoms with Crippen LogP contribution >= 0.6 is 23.2 Å². The molecule has 0 saturated heterocycles. The van der Waals surface area contributed by atoms with Crippen LogP contribution in [0.4, 0.5) is 0 Å². The van der Waals surface area contributed by atoms with Gasteiger partial charge in [-0.15, -0.1) is 0 Å². The summed E-state index contributed by atoms with van der Waals surface area (Å²) in [5.74, 6) is 0. The number of benzene rings is 1. The molecular formula is C15H19Cl2N3. The first kappa shape index (κ1) is 15.4. The van der Waals surface area contributed by atoms with E-state index in [9.17, 15) is 0 Å². The molecule has 2 rings (SSSR count). The van der Waals surface area contributed by atoms with Gasteiger partial charge in [-0.1, -0.05) is 29.3 Å². The Bertz CT molecular complexity index is 600. The van der Waals surface area contributed by atoms with Crippen LogP contribution in [0.1, 0.15) is 28.6 Å². The number of nitrogens with zero attached hydrogens (tertiary/aromatic N) is 2. The van der Waals surface area contributed by atoms with Crippen LogP contribution in [0.2, 0.25) is 10.0 Å². The predicted octanol–water partition coefficient (Wildman–Crippen LogP) is 3.85. The van der Waals surface area contributed by atoms with Crippen LogP contribution in [-0.4, -0.2) is 16.8 Å². The fraction of sp³-hybridized carbons (Fsp3) is 0.400. The van der Waals surface area contributed by atoms with E-state index >= 15 is 0 Å². The van der Waals surface area contributed by atoms with Gasteiger partial charge < -0.3 is 5.32 Å². The molecule has 0 amide bonds. The zero-order valence-corrected chi connectivity index (χ0v) is 13.7. The highest BCUT2D eigenvalue weighted by Crippen LogP contribution is 2.27. The van der Waals surface area contributed by atoms with E-state index in [1.165, 1.54) is 0 Å². The highest BCUT2D eigenvalue weighted by atomic mass is 35.5. The summed E-state index contributed by atoms with van der Waals surface area (Å²) < 4.78 is 1.85. The molecule has 2 aromatic rings. The quantitative estimate of drug-likeness (QED) is 0.929. The third-order valence-corrected chi connectivity index (χ3v) is 4.18. The predicted molar refractivity (Wildman–Crippen MR) is 84.6 cm³/mol. The Hall–Kier alpha value is -1.03. The second-order valence-corrected chi connectivity index (χ2v) is 5.89. The Balaban J connectivity index is 2.33. The number of nitrogens with one attached hydrogen (secondary N) is 1. The van der Waals surface area contributed by atoms with Crippen LogP contribution in [0.3, 0.4) is 0 Å². The molecule has 0 spiro atoms. The van der Waals surface area contributed by atoms with E-state index in [-0.39, 0.29) is 6.04 Å². The van der Waals surface area contributed by atoms with Crippen molar-refractivity contribution in [1.29, 1.82) is 0 Å². The number of aromatic nitrogens is 2. The van der Waals surface area contributed by atoms with Crippen molar-refractivity contribution in [2.24, 2.45) is 7.05 Å². The van der Waals surface area contributed by atoms with E-state index in [1.54, 1.807) is 0 Å². The van der Waals surface area contributed by atoms with Gasteiger partial charge in [0.1, 0.15) is 0 Å². The molecule has 1 aromatic carbocycles. The largest absolute Gasteiger partial charge is 0.313 e. The van der Waals surface area contributed by atoms with Gasteiger partial charge in [-0.3, -0.25) is 4.68 Å². The van der Waals surface area contributed by atoms with Crippen molar-refractivity contribution in [3.63, 3.8) is 0 Å². The molecule has 1 heterocycles. The maximum absolute atomic E-state index is 6.33. The van der Waals surface area contributed by atoms with Gasteiger partial charge in [0.05, 0.1) is 16.4 Å². The van der Waals surface area contributed by atoms with Crippen molar-refractivity contribution in [2.75, 3.05) is 7.05 Å². The van der Waals surface area contributed by atoms with Crippen molar-refractivity contribution < 1.29 is 0 Å². The Morgan fingerprint density at radius 2 is 1.95 bits per heavy atom. The molecular weight excluding hydrogens is 293 g/mol. The number of aryl methyl sites for hydroxylation is 3. The maximum Gasteiger partial charge on any atom is 0.0847 e. The number of halogens is 2. The SMILES string of the molecule is CNC(Cc1c(Cl)c(C)nn1C)c1cc(C)cc(Cl)c1. The molecule has 1 unspecified atom stereocenters. The van der Waals surface area contributed by atoms with E-state index in [0.29, 0.717) is 0 Å². The van der Waals surface area contributed by atoms with E-state index in [1.807, 2.05) is 44.8 Å². The molecule has 1 N–H and O–H groups in total. The summed E-state index contributed by atoms with van der Waals surface area (Å²) in [5, 5.41) is 9.18. The lowest BCUT2D eigenvalue weighted by Crippen LogP contribution is -2.20. The monoisotopic (exact) mass is 311 g/mol. The first-order chi connectivity index (χ1) is 9.42. The zero-order valence-electron chi connectivity index (χ0n) is 12.2. The van der Waals surface area contributed by atoms with Crippen molar-refractivity contribution in [3.05, 3.63) is 50.8 Å². The minimum Gasteiger partial charge on any atom is -0.313 e. The molecule has 0 aliphatic heterocycles. The molecule has 5 heteroatoms. The summed E-state index contributed by atoms with van der Waals surface area (Å²) >= 11 is 12.5. The molecule has 108 valence electrons. The van der Waals surface area contributed by atoms with Crippen LogP contribution < -0.4 is 5.32 Å². The fourth-order valence-corrected chi connectivity index (χ4v) is 2.98. The highest BCUT2D eigenvalue weighted by Gasteiger charge is 2.18. The maximum atomic E-state index is 6.33. The van der Waals surface area contributed by atoms with Crippen LogP contribution in [0.15, 0.2) is 18.2 Å². The normalized spacial score (nSPS) is 12.7. The lowest BCUT2D eigenvalue weighted by atomic mass is 10.00.